The van der Waals surface area contributed by atoms with E-state index < -0.39 is 5.97 Å². The van der Waals surface area contributed by atoms with Gasteiger partial charge in [0, 0.05) is 28.9 Å². The van der Waals surface area contributed by atoms with Crippen LogP contribution in [0.3, 0.4) is 0 Å². The van der Waals surface area contributed by atoms with Crippen molar-refractivity contribution in [1.29, 1.82) is 0 Å². The molecule has 2 aromatic carbocycles. The highest BCUT2D eigenvalue weighted by Crippen LogP contribution is 2.28. The average Bonchev–Trinajstić information content (AvgIpc) is 2.28. The highest BCUT2D eigenvalue weighted by molar-refractivity contribution is 5.96. The molecule has 4 nitrogen and oxygen atoms in total. The largest absolute Gasteiger partial charge is 0.423 e. The van der Waals surface area contributed by atoms with Gasteiger partial charge in [0.1, 0.15) is 5.75 Å². The summed E-state index contributed by atoms with van der Waals surface area (Å²) < 4.78 is 5.01. The van der Waals surface area contributed by atoms with Gasteiger partial charge in [-0.25, -0.2) is 4.79 Å². The third-order valence-electron chi connectivity index (χ3n) is 2.37. The maximum Gasteiger partial charge on any atom is 0.335 e. The van der Waals surface area contributed by atoms with Crippen LogP contribution in [0.2, 0.25) is 0 Å². The van der Waals surface area contributed by atoms with Gasteiger partial charge in [0.2, 0.25) is 0 Å². The van der Waals surface area contributed by atoms with Crippen molar-refractivity contribution < 1.29 is 9.53 Å². The quantitative estimate of drug-likeness (QED) is 0.357. The zero-order valence-electron chi connectivity index (χ0n) is 9.14. The van der Waals surface area contributed by atoms with Crippen molar-refractivity contribution in [1.82, 2.24) is 0 Å². The predicted octanol–water partition coefficient (Wildman–Crippen LogP) is 2.10. The number of benzene rings is 2. The number of esters is 1. The van der Waals surface area contributed by atoms with Crippen LogP contribution in [0.4, 0.5) is 11.4 Å². The lowest BCUT2D eigenvalue weighted by molar-refractivity contribution is -0.128. The molecule has 0 aliphatic rings. The number of nitrogen functional groups attached to an aromatic ring is 2. The van der Waals surface area contributed by atoms with E-state index in [9.17, 15) is 4.79 Å². The Morgan fingerprint density at radius 3 is 2.71 bits per heavy atom. The van der Waals surface area contributed by atoms with Gasteiger partial charge in [-0.2, -0.15) is 0 Å². The molecule has 0 saturated heterocycles. The summed E-state index contributed by atoms with van der Waals surface area (Å²) in [6.45, 7) is 3.33. The van der Waals surface area contributed by atoms with Gasteiger partial charge < -0.3 is 16.2 Å². The van der Waals surface area contributed by atoms with E-state index in [-0.39, 0.29) is 0 Å². The monoisotopic (exact) mass is 228 g/mol. The molecule has 0 amide bonds. The SMILES string of the molecule is C=CC(=O)Oc1cc(N)c2ccc(N)cc2c1. The Bertz CT molecular complexity index is 606. The summed E-state index contributed by atoms with van der Waals surface area (Å²) in [5.41, 5.74) is 12.7. The smallest absolute Gasteiger partial charge is 0.335 e. The van der Waals surface area contributed by atoms with Gasteiger partial charge in [0.05, 0.1) is 0 Å². The molecule has 0 fully saturated rings. The molecular weight excluding hydrogens is 216 g/mol. The molecule has 0 heterocycles. The van der Waals surface area contributed by atoms with Crippen molar-refractivity contribution in [3.05, 3.63) is 43.0 Å². The minimum Gasteiger partial charge on any atom is -0.423 e. The summed E-state index contributed by atoms with van der Waals surface area (Å²) in [6, 6.07) is 8.69. The minimum atomic E-state index is -0.521. The van der Waals surface area contributed by atoms with E-state index in [0.717, 1.165) is 16.8 Å². The average molecular weight is 228 g/mol. The van der Waals surface area contributed by atoms with Crippen LogP contribution >= 0.6 is 0 Å². The van der Waals surface area contributed by atoms with Crippen molar-refractivity contribution in [3.63, 3.8) is 0 Å². The maximum atomic E-state index is 11.1. The van der Waals surface area contributed by atoms with Crippen LogP contribution in [0.1, 0.15) is 0 Å². The summed E-state index contributed by atoms with van der Waals surface area (Å²) in [7, 11) is 0. The molecule has 0 bridgehead atoms. The number of rotatable bonds is 2. The van der Waals surface area contributed by atoms with Gasteiger partial charge in [-0.15, -0.1) is 0 Å². The minimum absolute atomic E-state index is 0.380. The number of ether oxygens (including phenoxy) is 1. The number of anilines is 2. The number of fused-ring (bicyclic) bond motifs is 1. The number of hydrogen-bond donors (Lipinski definition) is 2. The molecule has 0 spiro atoms. The molecule has 2 aromatic rings. The first kappa shape index (κ1) is 11.0. The molecule has 0 saturated carbocycles. The summed E-state index contributed by atoms with van der Waals surface area (Å²) in [6.07, 6.45) is 1.10. The lowest BCUT2D eigenvalue weighted by atomic mass is 10.1. The third-order valence-corrected chi connectivity index (χ3v) is 2.37. The lowest BCUT2D eigenvalue weighted by Crippen LogP contribution is -2.03. The van der Waals surface area contributed by atoms with Gasteiger partial charge in [-0.05, 0) is 23.6 Å². The van der Waals surface area contributed by atoms with Crippen molar-refractivity contribution in [2.45, 2.75) is 0 Å². The third kappa shape index (κ3) is 2.20. The summed E-state index contributed by atoms with van der Waals surface area (Å²) in [5, 5.41) is 1.70. The number of nitrogens with two attached hydrogens (primary N) is 2. The molecule has 0 atom stereocenters. The van der Waals surface area contributed by atoms with Crippen LogP contribution in [0.25, 0.3) is 10.8 Å². The molecular formula is C13H12N2O2. The standard InChI is InChI=1S/C13H12N2O2/c1-2-13(16)17-10-6-8-5-9(14)3-4-11(8)12(15)7-10/h2-7H,1,14-15H2. The first-order valence-electron chi connectivity index (χ1n) is 5.03. The van der Waals surface area contributed by atoms with E-state index in [2.05, 4.69) is 6.58 Å². The molecule has 4 N–H and O–H groups in total. The zero-order valence-corrected chi connectivity index (χ0v) is 9.14. The Kier molecular flexibility index (Phi) is 2.70. The fraction of sp³-hybridized carbons (Fsp3) is 0. The molecule has 17 heavy (non-hydrogen) atoms. The highest BCUT2D eigenvalue weighted by atomic mass is 16.5. The second-order valence-corrected chi connectivity index (χ2v) is 3.62. The molecule has 0 radical (unpaired) electrons. The Morgan fingerprint density at radius 1 is 1.24 bits per heavy atom. The van der Waals surface area contributed by atoms with Crippen molar-refractivity contribution in [3.8, 4) is 5.75 Å². The van der Waals surface area contributed by atoms with Crippen LogP contribution in [0.15, 0.2) is 43.0 Å². The number of hydrogen-bond acceptors (Lipinski definition) is 4. The number of carbonyl (C=O) groups excluding carboxylic acids is 1. The van der Waals surface area contributed by atoms with E-state index in [4.69, 9.17) is 16.2 Å². The van der Waals surface area contributed by atoms with Gasteiger partial charge in [-0.3, -0.25) is 0 Å². The van der Waals surface area contributed by atoms with Gasteiger partial charge in [0.15, 0.2) is 0 Å². The van der Waals surface area contributed by atoms with Crippen LogP contribution < -0.4 is 16.2 Å². The van der Waals surface area contributed by atoms with E-state index >= 15 is 0 Å². The predicted molar refractivity (Wildman–Crippen MR) is 68.6 cm³/mol. The van der Waals surface area contributed by atoms with E-state index in [0.29, 0.717) is 17.1 Å². The molecule has 2 rings (SSSR count). The van der Waals surface area contributed by atoms with Crippen LogP contribution in [0.5, 0.6) is 5.75 Å². The van der Waals surface area contributed by atoms with Crippen molar-refractivity contribution >= 4 is 28.1 Å². The normalized spacial score (nSPS) is 10.1. The van der Waals surface area contributed by atoms with Gasteiger partial charge in [-0.1, -0.05) is 12.6 Å². The van der Waals surface area contributed by atoms with E-state index in [1.54, 1.807) is 24.3 Å². The van der Waals surface area contributed by atoms with Gasteiger partial charge in [0.25, 0.3) is 0 Å². The molecule has 4 heteroatoms. The molecule has 0 aromatic heterocycles. The second-order valence-electron chi connectivity index (χ2n) is 3.62. The van der Waals surface area contributed by atoms with Crippen LogP contribution in [0, 0.1) is 0 Å². The maximum absolute atomic E-state index is 11.1. The van der Waals surface area contributed by atoms with Crippen molar-refractivity contribution in [2.24, 2.45) is 0 Å². The van der Waals surface area contributed by atoms with Crippen molar-refractivity contribution in [2.75, 3.05) is 11.5 Å². The Hall–Kier alpha value is -2.49. The second kappa shape index (κ2) is 4.17. The lowest BCUT2D eigenvalue weighted by Gasteiger charge is -2.07. The Morgan fingerprint density at radius 2 is 2.00 bits per heavy atom. The fourth-order valence-electron chi connectivity index (χ4n) is 1.61. The van der Waals surface area contributed by atoms with Crippen LogP contribution in [-0.2, 0) is 4.79 Å². The van der Waals surface area contributed by atoms with Gasteiger partial charge >= 0.3 is 5.97 Å². The Labute approximate surface area is 98.5 Å². The summed E-state index contributed by atoms with van der Waals surface area (Å²) in [5.74, 6) is -0.141. The van der Waals surface area contributed by atoms with E-state index in [1.807, 2.05) is 6.07 Å². The fourth-order valence-corrected chi connectivity index (χ4v) is 1.61. The summed E-state index contributed by atoms with van der Waals surface area (Å²) in [4.78, 5) is 11.1. The molecule has 0 aliphatic carbocycles. The topological polar surface area (TPSA) is 78.3 Å². The molecule has 0 aliphatic heterocycles. The zero-order chi connectivity index (χ0) is 12.4. The molecule has 86 valence electrons. The molecule has 0 unspecified atom stereocenters. The Balaban J connectivity index is 2.53. The number of carbonyl (C=O) groups is 1. The first-order valence-corrected chi connectivity index (χ1v) is 5.03. The first-order chi connectivity index (χ1) is 8.10. The van der Waals surface area contributed by atoms with E-state index in [1.165, 1.54) is 0 Å². The van der Waals surface area contributed by atoms with Crippen LogP contribution in [-0.4, -0.2) is 5.97 Å². The highest BCUT2D eigenvalue weighted by Gasteiger charge is 2.05. The summed E-state index contributed by atoms with van der Waals surface area (Å²) >= 11 is 0.